The zero-order chi connectivity index (χ0) is 33.3. The van der Waals surface area contributed by atoms with Crippen LogP contribution in [0.25, 0.3) is 33.0 Å². The number of hydrogen-bond donors (Lipinski definition) is 1. The van der Waals surface area contributed by atoms with Gasteiger partial charge in [0.05, 0.1) is 0 Å². The first-order valence-electron chi connectivity index (χ1n) is 16.7. The van der Waals surface area contributed by atoms with Gasteiger partial charge >= 0.3 is 0 Å². The SMILES string of the molecule is C=C/C=C\C=C/Cc1ccc(N(c2ccc(-c3ccccc3)cc2)c2ccc(-c3ccc(Nc4cccc5ccccc45)cc3)cc2)cc1. The highest BCUT2D eigenvalue weighted by molar-refractivity contribution is 5.95. The van der Waals surface area contributed by atoms with Crippen molar-refractivity contribution >= 4 is 39.2 Å². The normalized spacial score (nSPS) is 11.3. The van der Waals surface area contributed by atoms with Gasteiger partial charge in [0.15, 0.2) is 0 Å². The number of allylic oxidation sites excluding steroid dienone is 5. The summed E-state index contributed by atoms with van der Waals surface area (Å²) in [6.45, 7) is 3.73. The smallest absolute Gasteiger partial charge is 0.0463 e. The van der Waals surface area contributed by atoms with Crippen LogP contribution < -0.4 is 10.2 Å². The molecule has 7 aromatic carbocycles. The second-order valence-electron chi connectivity index (χ2n) is 11.9. The molecule has 0 aliphatic rings. The van der Waals surface area contributed by atoms with E-state index in [9.17, 15) is 0 Å². The Balaban J connectivity index is 1.14. The van der Waals surface area contributed by atoms with E-state index in [-0.39, 0.29) is 0 Å². The highest BCUT2D eigenvalue weighted by Gasteiger charge is 2.13. The third kappa shape index (κ3) is 7.45. The minimum atomic E-state index is 0.873. The van der Waals surface area contributed by atoms with Gasteiger partial charge in [0.2, 0.25) is 0 Å². The van der Waals surface area contributed by atoms with Crippen LogP contribution in [0.5, 0.6) is 0 Å². The summed E-state index contributed by atoms with van der Waals surface area (Å²) in [6, 6.07) is 60.5. The van der Waals surface area contributed by atoms with Crippen LogP contribution in [0, 0.1) is 0 Å². The van der Waals surface area contributed by atoms with Crippen molar-refractivity contribution in [2.24, 2.45) is 0 Å². The van der Waals surface area contributed by atoms with Crippen molar-refractivity contribution in [3.8, 4) is 22.3 Å². The highest BCUT2D eigenvalue weighted by atomic mass is 15.1. The van der Waals surface area contributed by atoms with Gasteiger partial charge in [-0.3, -0.25) is 0 Å². The van der Waals surface area contributed by atoms with Crippen molar-refractivity contribution in [1.82, 2.24) is 0 Å². The molecule has 0 fully saturated rings. The topological polar surface area (TPSA) is 15.3 Å². The molecule has 0 aliphatic heterocycles. The van der Waals surface area contributed by atoms with Crippen molar-refractivity contribution in [2.75, 3.05) is 10.2 Å². The van der Waals surface area contributed by atoms with E-state index in [0.717, 1.165) is 34.9 Å². The van der Waals surface area contributed by atoms with E-state index in [1.165, 1.54) is 38.6 Å². The Hall–Kier alpha value is -6.38. The Morgan fingerprint density at radius 1 is 0.469 bits per heavy atom. The van der Waals surface area contributed by atoms with Crippen molar-refractivity contribution in [3.05, 3.63) is 212 Å². The van der Waals surface area contributed by atoms with Gasteiger partial charge in [-0.25, -0.2) is 0 Å². The van der Waals surface area contributed by atoms with E-state index in [4.69, 9.17) is 0 Å². The number of fused-ring (bicyclic) bond motifs is 1. The molecule has 0 spiro atoms. The van der Waals surface area contributed by atoms with Crippen LogP contribution in [0.1, 0.15) is 5.56 Å². The first kappa shape index (κ1) is 31.2. The number of anilines is 5. The molecule has 1 N–H and O–H groups in total. The molecule has 2 nitrogen and oxygen atoms in total. The molecule has 0 bridgehead atoms. The Morgan fingerprint density at radius 2 is 1.00 bits per heavy atom. The fourth-order valence-corrected chi connectivity index (χ4v) is 6.13. The van der Waals surface area contributed by atoms with Gasteiger partial charge in [0.25, 0.3) is 0 Å². The van der Waals surface area contributed by atoms with E-state index >= 15 is 0 Å². The molecule has 7 aromatic rings. The van der Waals surface area contributed by atoms with Crippen LogP contribution in [0.4, 0.5) is 28.4 Å². The van der Waals surface area contributed by atoms with E-state index < -0.39 is 0 Å². The van der Waals surface area contributed by atoms with Gasteiger partial charge in [-0.1, -0.05) is 152 Å². The maximum Gasteiger partial charge on any atom is 0.0463 e. The summed E-state index contributed by atoms with van der Waals surface area (Å²) in [4.78, 5) is 2.32. The van der Waals surface area contributed by atoms with Gasteiger partial charge in [-0.2, -0.15) is 0 Å². The monoisotopic (exact) mass is 630 g/mol. The molecule has 0 radical (unpaired) electrons. The molecule has 0 aromatic heterocycles. The van der Waals surface area contributed by atoms with Gasteiger partial charge in [0, 0.05) is 33.8 Å². The summed E-state index contributed by atoms with van der Waals surface area (Å²) in [5.74, 6) is 0. The quantitative estimate of drug-likeness (QED) is 0.143. The van der Waals surface area contributed by atoms with Gasteiger partial charge in [-0.05, 0) is 94.2 Å². The maximum absolute atomic E-state index is 3.73. The molecule has 0 saturated heterocycles. The summed E-state index contributed by atoms with van der Waals surface area (Å²) in [6.07, 6.45) is 10.8. The molecule has 0 atom stereocenters. The third-order valence-electron chi connectivity index (χ3n) is 8.69. The third-order valence-corrected chi connectivity index (χ3v) is 8.69. The van der Waals surface area contributed by atoms with Crippen LogP contribution in [0.3, 0.4) is 0 Å². The molecule has 0 saturated carbocycles. The van der Waals surface area contributed by atoms with Crippen molar-refractivity contribution in [2.45, 2.75) is 6.42 Å². The molecular weight excluding hydrogens is 593 g/mol. The number of benzene rings is 7. The molecular formula is C47H38N2. The maximum atomic E-state index is 3.73. The lowest BCUT2D eigenvalue weighted by molar-refractivity contribution is 1.24. The number of hydrogen-bond acceptors (Lipinski definition) is 2. The van der Waals surface area contributed by atoms with E-state index in [1.54, 1.807) is 6.08 Å². The lowest BCUT2D eigenvalue weighted by atomic mass is 10.0. The minimum absolute atomic E-state index is 0.873. The fourth-order valence-electron chi connectivity index (χ4n) is 6.13. The summed E-state index contributed by atoms with van der Waals surface area (Å²) in [7, 11) is 0. The molecule has 2 heteroatoms. The van der Waals surface area contributed by atoms with Gasteiger partial charge < -0.3 is 10.2 Å². The first-order valence-corrected chi connectivity index (χ1v) is 16.7. The van der Waals surface area contributed by atoms with Crippen LogP contribution >= 0.6 is 0 Å². The minimum Gasteiger partial charge on any atom is -0.355 e. The van der Waals surface area contributed by atoms with Crippen LogP contribution in [-0.4, -0.2) is 0 Å². The standard InChI is InChI=1S/C47H38N2/c1-2-3-4-5-7-13-36-20-30-43(31-21-36)49(44-32-24-39(25-33-44)37-14-8-6-9-15-37)45-34-26-40(27-35-45)38-22-28-42(29-23-38)48-47-19-12-17-41-16-10-11-18-46(41)47/h2-12,14-35,48H,1,13H2/b4-3-,7-5-. The summed E-state index contributed by atoms with van der Waals surface area (Å²) < 4.78 is 0. The van der Waals surface area contributed by atoms with Gasteiger partial charge in [0.1, 0.15) is 0 Å². The number of nitrogens with zero attached hydrogens (tertiary/aromatic N) is 1. The molecule has 0 amide bonds. The summed E-state index contributed by atoms with van der Waals surface area (Å²) >= 11 is 0. The van der Waals surface area contributed by atoms with E-state index in [2.05, 4.69) is 199 Å². The lowest BCUT2D eigenvalue weighted by Gasteiger charge is -2.26. The van der Waals surface area contributed by atoms with Crippen molar-refractivity contribution < 1.29 is 0 Å². The second kappa shape index (κ2) is 15.0. The summed E-state index contributed by atoms with van der Waals surface area (Å²) in [5.41, 5.74) is 11.5. The van der Waals surface area contributed by atoms with Crippen molar-refractivity contribution in [3.63, 3.8) is 0 Å². The molecule has 0 heterocycles. The Kier molecular flexibility index (Phi) is 9.57. The molecule has 236 valence electrons. The first-order chi connectivity index (χ1) is 24.2. The fraction of sp³-hybridized carbons (Fsp3) is 0.0213. The van der Waals surface area contributed by atoms with E-state index in [1.807, 2.05) is 12.2 Å². The lowest BCUT2D eigenvalue weighted by Crippen LogP contribution is -2.10. The number of rotatable bonds is 11. The van der Waals surface area contributed by atoms with Crippen LogP contribution in [-0.2, 0) is 6.42 Å². The van der Waals surface area contributed by atoms with Crippen molar-refractivity contribution in [1.29, 1.82) is 0 Å². The Bertz CT molecular complexity index is 2190. The number of nitrogens with one attached hydrogen (secondary N) is 1. The summed E-state index contributed by atoms with van der Waals surface area (Å²) in [5, 5.41) is 6.05. The highest BCUT2D eigenvalue weighted by Crippen LogP contribution is 2.37. The molecule has 0 unspecified atom stereocenters. The average molecular weight is 631 g/mol. The zero-order valence-electron chi connectivity index (χ0n) is 27.4. The second-order valence-corrected chi connectivity index (χ2v) is 11.9. The van der Waals surface area contributed by atoms with Crippen LogP contribution in [0.2, 0.25) is 0 Å². The molecule has 7 rings (SSSR count). The Labute approximate surface area is 289 Å². The van der Waals surface area contributed by atoms with Crippen LogP contribution in [0.15, 0.2) is 207 Å². The molecule has 0 aliphatic carbocycles. The van der Waals surface area contributed by atoms with Gasteiger partial charge in [-0.15, -0.1) is 0 Å². The average Bonchev–Trinajstić information content (AvgIpc) is 3.17. The Morgan fingerprint density at radius 3 is 1.63 bits per heavy atom. The van der Waals surface area contributed by atoms with E-state index in [0.29, 0.717) is 0 Å². The largest absolute Gasteiger partial charge is 0.355 e. The predicted octanol–water partition coefficient (Wildman–Crippen LogP) is 13.2. The molecule has 49 heavy (non-hydrogen) atoms. The zero-order valence-corrected chi connectivity index (χ0v) is 27.4. The predicted molar refractivity (Wildman–Crippen MR) is 211 cm³/mol.